The molecule has 2 fully saturated rings. The zero-order valence-electron chi connectivity index (χ0n) is 18.1. The Labute approximate surface area is 177 Å². The van der Waals surface area contributed by atoms with E-state index in [1.807, 2.05) is 49.9 Å². The highest BCUT2D eigenvalue weighted by Crippen LogP contribution is 2.30. The van der Waals surface area contributed by atoms with E-state index in [2.05, 4.69) is 4.98 Å². The second-order valence-corrected chi connectivity index (χ2v) is 9.41. The van der Waals surface area contributed by atoms with Gasteiger partial charge < -0.3 is 19.0 Å². The predicted octanol–water partition coefficient (Wildman–Crippen LogP) is 4.18. The van der Waals surface area contributed by atoms with Gasteiger partial charge in [0.2, 0.25) is 5.91 Å². The van der Waals surface area contributed by atoms with Gasteiger partial charge in [-0.05, 0) is 58.6 Å². The molecule has 1 aromatic heterocycles. The molecule has 0 saturated carbocycles. The molecule has 0 spiro atoms. The largest absolute Gasteiger partial charge is 0.444 e. The Kier molecular flexibility index (Phi) is 5.71. The van der Waals surface area contributed by atoms with Gasteiger partial charge in [-0.25, -0.2) is 9.78 Å². The fourth-order valence-electron chi connectivity index (χ4n) is 4.37. The van der Waals surface area contributed by atoms with Gasteiger partial charge in [0.15, 0.2) is 11.5 Å². The van der Waals surface area contributed by atoms with E-state index < -0.39 is 5.60 Å². The molecule has 3 heterocycles. The van der Waals surface area contributed by atoms with Gasteiger partial charge in [0, 0.05) is 26.2 Å². The van der Waals surface area contributed by atoms with Gasteiger partial charge in [-0.3, -0.25) is 4.79 Å². The van der Waals surface area contributed by atoms with Crippen LogP contribution in [0.4, 0.5) is 4.79 Å². The molecule has 0 N–H and O–H groups in total. The lowest BCUT2D eigenvalue weighted by atomic mass is 9.93. The smallest absolute Gasteiger partial charge is 0.410 e. The summed E-state index contributed by atoms with van der Waals surface area (Å²) in [4.78, 5) is 33.9. The average molecular weight is 414 g/mol. The summed E-state index contributed by atoms with van der Waals surface area (Å²) in [5.41, 5.74) is 1.11. The minimum atomic E-state index is -0.534. The van der Waals surface area contributed by atoms with Crippen molar-refractivity contribution < 1.29 is 18.7 Å². The first-order valence-corrected chi connectivity index (χ1v) is 10.9. The van der Waals surface area contributed by atoms with E-state index in [4.69, 9.17) is 9.15 Å². The fourth-order valence-corrected chi connectivity index (χ4v) is 4.37. The highest BCUT2D eigenvalue weighted by molar-refractivity contribution is 5.80. The highest BCUT2D eigenvalue weighted by Gasteiger charge is 2.35. The van der Waals surface area contributed by atoms with Crippen molar-refractivity contribution in [1.29, 1.82) is 0 Å². The van der Waals surface area contributed by atoms with E-state index in [1.165, 1.54) is 0 Å². The van der Waals surface area contributed by atoms with Crippen LogP contribution in [0.5, 0.6) is 0 Å². The third-order valence-corrected chi connectivity index (χ3v) is 5.82. The average Bonchev–Trinajstić information content (AvgIpc) is 3.16. The molecular formula is C23H31N3O4. The molecule has 0 bridgehead atoms. The fraction of sp³-hybridized carbons (Fsp3) is 0.609. The maximum atomic E-state index is 13.3. The third-order valence-electron chi connectivity index (χ3n) is 5.82. The number of benzene rings is 1. The highest BCUT2D eigenvalue weighted by atomic mass is 16.6. The van der Waals surface area contributed by atoms with Crippen LogP contribution in [0.1, 0.15) is 58.3 Å². The molecular weight excluding hydrogens is 382 g/mol. The number of carbonyl (C=O) groups is 2. The van der Waals surface area contributed by atoms with Crippen molar-refractivity contribution in [1.82, 2.24) is 14.8 Å². The first-order chi connectivity index (χ1) is 14.3. The van der Waals surface area contributed by atoms with Gasteiger partial charge in [-0.15, -0.1) is 0 Å². The van der Waals surface area contributed by atoms with E-state index in [0.717, 1.165) is 43.3 Å². The van der Waals surface area contributed by atoms with Crippen LogP contribution in [0.25, 0.3) is 11.1 Å². The zero-order chi connectivity index (χ0) is 21.3. The van der Waals surface area contributed by atoms with E-state index in [0.29, 0.717) is 25.5 Å². The summed E-state index contributed by atoms with van der Waals surface area (Å²) in [7, 11) is 0. The number of oxazole rings is 1. The van der Waals surface area contributed by atoms with Crippen molar-refractivity contribution in [2.75, 3.05) is 26.2 Å². The number of hydrogen-bond acceptors (Lipinski definition) is 5. The maximum Gasteiger partial charge on any atom is 0.410 e. The van der Waals surface area contributed by atoms with Crippen molar-refractivity contribution in [2.45, 2.75) is 58.0 Å². The lowest BCUT2D eigenvalue weighted by Crippen LogP contribution is -2.49. The summed E-state index contributed by atoms with van der Waals surface area (Å²) in [6.45, 7) is 8.02. The Hall–Kier alpha value is -2.57. The minimum absolute atomic E-state index is 0.112. The first-order valence-electron chi connectivity index (χ1n) is 10.9. The van der Waals surface area contributed by atoms with Crippen LogP contribution in [0, 0.1) is 5.92 Å². The van der Waals surface area contributed by atoms with Crippen LogP contribution in [0.3, 0.4) is 0 Å². The number of hydrogen-bond donors (Lipinski definition) is 0. The summed E-state index contributed by atoms with van der Waals surface area (Å²) >= 11 is 0. The maximum absolute atomic E-state index is 13.3. The summed E-state index contributed by atoms with van der Waals surface area (Å²) < 4.78 is 11.5. The Morgan fingerprint density at radius 1 is 1.07 bits per heavy atom. The number of piperidine rings is 2. The van der Waals surface area contributed by atoms with E-state index >= 15 is 0 Å². The normalized spacial score (nSPS) is 22.9. The standard InChI is InChI=1S/C23H31N3O4/c1-23(2,3)30-22(28)26-13-7-9-17(15-26)21(27)25-12-6-8-16(14-25)20-24-18-10-4-5-11-19(18)29-20/h4-5,10-11,16-17H,6-9,12-15H2,1-3H3. The topological polar surface area (TPSA) is 75.9 Å². The van der Waals surface area contributed by atoms with Crippen LogP contribution in [0.2, 0.25) is 0 Å². The molecule has 30 heavy (non-hydrogen) atoms. The Morgan fingerprint density at radius 2 is 1.80 bits per heavy atom. The summed E-state index contributed by atoms with van der Waals surface area (Å²) in [6, 6.07) is 7.75. The van der Waals surface area contributed by atoms with Gasteiger partial charge in [0.05, 0.1) is 11.8 Å². The van der Waals surface area contributed by atoms with E-state index in [-0.39, 0.29) is 23.8 Å². The number of para-hydroxylation sites is 2. The number of aromatic nitrogens is 1. The number of ether oxygens (including phenoxy) is 1. The van der Waals surface area contributed by atoms with Gasteiger partial charge in [-0.2, -0.15) is 0 Å². The lowest BCUT2D eigenvalue weighted by molar-refractivity contribution is -0.138. The van der Waals surface area contributed by atoms with E-state index in [1.54, 1.807) is 4.90 Å². The molecule has 2 aliphatic rings. The summed E-state index contributed by atoms with van der Waals surface area (Å²) in [6.07, 6.45) is 3.19. The number of fused-ring (bicyclic) bond motifs is 1. The third kappa shape index (κ3) is 4.60. The second-order valence-electron chi connectivity index (χ2n) is 9.41. The number of carbonyl (C=O) groups excluding carboxylic acids is 2. The van der Waals surface area contributed by atoms with Crippen molar-refractivity contribution in [3.8, 4) is 0 Å². The summed E-state index contributed by atoms with van der Waals surface area (Å²) in [5.74, 6) is 0.783. The molecule has 0 aliphatic carbocycles. The minimum Gasteiger partial charge on any atom is -0.444 e. The molecule has 2 aliphatic heterocycles. The van der Waals surface area contributed by atoms with Crippen molar-refractivity contribution >= 4 is 23.1 Å². The molecule has 4 rings (SSSR count). The molecule has 2 unspecified atom stereocenters. The monoisotopic (exact) mass is 413 g/mol. The number of amides is 2. The van der Waals surface area contributed by atoms with Gasteiger partial charge in [0.25, 0.3) is 0 Å². The van der Waals surface area contributed by atoms with E-state index in [9.17, 15) is 9.59 Å². The Morgan fingerprint density at radius 3 is 2.57 bits per heavy atom. The molecule has 2 saturated heterocycles. The molecule has 2 aromatic rings. The Bertz CT molecular complexity index is 884. The quantitative estimate of drug-likeness (QED) is 0.738. The van der Waals surface area contributed by atoms with Crippen LogP contribution in [0.15, 0.2) is 28.7 Å². The molecule has 0 radical (unpaired) electrons. The van der Waals surface area contributed by atoms with Crippen molar-refractivity contribution in [3.63, 3.8) is 0 Å². The van der Waals surface area contributed by atoms with Gasteiger partial charge in [0.1, 0.15) is 11.1 Å². The van der Waals surface area contributed by atoms with Gasteiger partial charge >= 0.3 is 6.09 Å². The number of likely N-dealkylation sites (tertiary alicyclic amines) is 2. The van der Waals surface area contributed by atoms with Crippen molar-refractivity contribution in [3.05, 3.63) is 30.2 Å². The first kappa shape index (κ1) is 20.7. The number of nitrogens with zero attached hydrogens (tertiary/aromatic N) is 3. The Balaban J connectivity index is 1.40. The molecule has 162 valence electrons. The van der Waals surface area contributed by atoms with Crippen molar-refractivity contribution in [2.24, 2.45) is 5.92 Å². The number of rotatable bonds is 2. The zero-order valence-corrected chi connectivity index (χ0v) is 18.1. The van der Waals surface area contributed by atoms with Crippen LogP contribution >= 0.6 is 0 Å². The van der Waals surface area contributed by atoms with Crippen LogP contribution in [-0.4, -0.2) is 58.6 Å². The lowest BCUT2D eigenvalue weighted by Gasteiger charge is -2.38. The van der Waals surface area contributed by atoms with Gasteiger partial charge in [-0.1, -0.05) is 12.1 Å². The SMILES string of the molecule is CC(C)(C)OC(=O)N1CCCC(C(=O)N2CCCC(c3nc4ccccc4o3)C2)C1. The molecule has 1 aromatic carbocycles. The second kappa shape index (κ2) is 8.28. The summed E-state index contributed by atoms with van der Waals surface area (Å²) in [5, 5.41) is 0. The van der Waals surface area contributed by atoms with Crippen LogP contribution < -0.4 is 0 Å². The molecule has 2 amide bonds. The predicted molar refractivity (Wildman–Crippen MR) is 113 cm³/mol. The molecule has 2 atom stereocenters. The van der Waals surface area contributed by atoms with Crippen LogP contribution in [-0.2, 0) is 9.53 Å². The molecule has 7 nitrogen and oxygen atoms in total. The molecule has 7 heteroatoms.